The molecule has 0 aliphatic heterocycles. The third-order valence-corrected chi connectivity index (χ3v) is 9.98. The molecule has 0 saturated heterocycles. The van der Waals surface area contributed by atoms with Gasteiger partial charge in [0.1, 0.15) is 0 Å². The van der Waals surface area contributed by atoms with Crippen LogP contribution in [0.5, 0.6) is 0 Å². The summed E-state index contributed by atoms with van der Waals surface area (Å²) in [6, 6.07) is 39.0. The van der Waals surface area contributed by atoms with E-state index in [1.807, 2.05) is 6.92 Å². The normalized spacial score (nSPS) is 12.0. The van der Waals surface area contributed by atoms with Crippen LogP contribution >= 0.6 is 11.3 Å². The lowest BCUT2D eigenvalue weighted by Gasteiger charge is -2.30. The Morgan fingerprint density at radius 1 is 0.677 bits per heavy atom. The van der Waals surface area contributed by atoms with Gasteiger partial charge in [-0.3, -0.25) is 0 Å². The van der Waals surface area contributed by atoms with Crippen LogP contribution in [0.15, 0.2) is 114 Å². The van der Waals surface area contributed by atoms with Gasteiger partial charge in [-0.15, -0.1) is 16.5 Å². The summed E-state index contributed by atoms with van der Waals surface area (Å²) in [6.45, 7) is 2.04. The maximum absolute atomic E-state index is 6.66. The van der Waals surface area contributed by atoms with Gasteiger partial charge in [0.15, 0.2) is 0 Å². The Labute approximate surface area is 190 Å². The first-order valence-corrected chi connectivity index (χ1v) is 14.0. The quantitative estimate of drug-likeness (QED) is 0.159. The second-order valence-corrected chi connectivity index (χ2v) is 12.5. The second-order valence-electron chi connectivity index (χ2n) is 7.92. The average Bonchev–Trinajstić information content (AvgIpc) is 3.35. The molecule has 1 heterocycles. The van der Waals surface area contributed by atoms with Crippen LogP contribution in [0.4, 0.5) is 0 Å². The SMILES string of the molecule is CC(=NO[Si](Cc1ccccc1)(Cc1ccccc1)Cc1ccccc1)c1cccs1. The van der Waals surface area contributed by atoms with Crippen molar-refractivity contribution in [3.63, 3.8) is 0 Å². The number of oxime groups is 1. The smallest absolute Gasteiger partial charge is 0.300 e. The molecule has 0 fully saturated rings. The second kappa shape index (κ2) is 10.4. The number of hydrogen-bond donors (Lipinski definition) is 0. The van der Waals surface area contributed by atoms with Gasteiger partial charge in [-0.25, -0.2) is 0 Å². The molecular formula is C27H27NOSSi. The minimum atomic E-state index is -2.38. The zero-order chi connectivity index (χ0) is 21.4. The van der Waals surface area contributed by atoms with E-state index in [9.17, 15) is 0 Å². The van der Waals surface area contributed by atoms with E-state index in [1.165, 1.54) is 16.7 Å². The van der Waals surface area contributed by atoms with Crippen molar-refractivity contribution < 1.29 is 4.53 Å². The van der Waals surface area contributed by atoms with Crippen molar-refractivity contribution in [2.24, 2.45) is 5.16 Å². The molecule has 0 amide bonds. The van der Waals surface area contributed by atoms with Gasteiger partial charge in [0.05, 0.1) is 10.6 Å². The van der Waals surface area contributed by atoms with Crippen molar-refractivity contribution >= 4 is 25.4 Å². The predicted octanol–water partition coefficient (Wildman–Crippen LogP) is 6.78. The third kappa shape index (κ3) is 6.03. The maximum Gasteiger partial charge on any atom is 0.300 e. The van der Waals surface area contributed by atoms with Crippen LogP contribution in [0.2, 0.25) is 0 Å². The van der Waals surface area contributed by atoms with E-state index in [1.54, 1.807) is 11.3 Å². The Bertz CT molecular complexity index is 979. The minimum Gasteiger partial charge on any atom is -0.454 e. The lowest BCUT2D eigenvalue weighted by molar-refractivity contribution is 0.317. The summed E-state index contributed by atoms with van der Waals surface area (Å²) in [5, 5.41) is 6.80. The summed E-state index contributed by atoms with van der Waals surface area (Å²) in [6.07, 6.45) is 0. The molecule has 0 unspecified atom stereocenters. The van der Waals surface area contributed by atoms with E-state index in [2.05, 4.69) is 109 Å². The molecule has 0 spiro atoms. The van der Waals surface area contributed by atoms with Crippen LogP contribution in [-0.4, -0.2) is 14.0 Å². The molecule has 0 saturated carbocycles. The highest BCUT2D eigenvalue weighted by atomic mass is 32.1. The number of thiophene rings is 1. The molecule has 4 aromatic rings. The average molecular weight is 442 g/mol. The van der Waals surface area contributed by atoms with Gasteiger partial charge in [0.2, 0.25) is 0 Å². The fraction of sp³-hybridized carbons (Fsp3) is 0.148. The molecule has 0 aliphatic carbocycles. The van der Waals surface area contributed by atoms with Crippen molar-refractivity contribution in [1.29, 1.82) is 0 Å². The maximum atomic E-state index is 6.66. The first-order chi connectivity index (χ1) is 15.2. The van der Waals surface area contributed by atoms with E-state index in [0.717, 1.165) is 28.7 Å². The van der Waals surface area contributed by atoms with Gasteiger partial charge in [-0.05, 0) is 35.1 Å². The molecule has 4 rings (SSSR count). The molecule has 0 N–H and O–H groups in total. The summed E-state index contributed by atoms with van der Waals surface area (Å²) in [5.74, 6) is 0. The van der Waals surface area contributed by atoms with E-state index in [-0.39, 0.29) is 0 Å². The molecule has 0 bridgehead atoms. The topological polar surface area (TPSA) is 21.6 Å². The highest BCUT2D eigenvalue weighted by Gasteiger charge is 2.39. The number of benzene rings is 3. The summed E-state index contributed by atoms with van der Waals surface area (Å²) >= 11 is 1.70. The number of nitrogens with zero attached hydrogens (tertiary/aromatic N) is 1. The van der Waals surface area contributed by atoms with E-state index in [4.69, 9.17) is 9.68 Å². The Hall–Kier alpha value is -2.95. The minimum absolute atomic E-state index is 0.916. The molecule has 156 valence electrons. The van der Waals surface area contributed by atoms with Crippen molar-refractivity contribution in [3.05, 3.63) is 130 Å². The highest BCUT2D eigenvalue weighted by Crippen LogP contribution is 2.25. The first-order valence-electron chi connectivity index (χ1n) is 10.6. The first kappa shape index (κ1) is 21.3. The summed E-state index contributed by atoms with van der Waals surface area (Å²) in [5.41, 5.74) is 4.88. The zero-order valence-electron chi connectivity index (χ0n) is 17.8. The van der Waals surface area contributed by atoms with Crippen LogP contribution in [-0.2, 0) is 22.7 Å². The Balaban J connectivity index is 1.72. The molecule has 1 aromatic heterocycles. The van der Waals surface area contributed by atoms with Crippen molar-refractivity contribution in [3.8, 4) is 0 Å². The summed E-state index contributed by atoms with van der Waals surface area (Å²) in [7, 11) is -2.38. The van der Waals surface area contributed by atoms with Gasteiger partial charge in [-0.2, -0.15) is 0 Å². The molecule has 3 aromatic carbocycles. The molecule has 0 aliphatic rings. The molecular weight excluding hydrogens is 414 g/mol. The van der Waals surface area contributed by atoms with Crippen molar-refractivity contribution in [1.82, 2.24) is 0 Å². The summed E-state index contributed by atoms with van der Waals surface area (Å²) in [4.78, 5) is 1.15. The van der Waals surface area contributed by atoms with E-state index in [0.29, 0.717) is 0 Å². The van der Waals surface area contributed by atoms with Gasteiger partial charge < -0.3 is 4.53 Å². The molecule has 0 atom stereocenters. The highest BCUT2D eigenvalue weighted by molar-refractivity contribution is 7.12. The van der Waals surface area contributed by atoms with Gasteiger partial charge >= 0.3 is 0 Å². The van der Waals surface area contributed by atoms with Crippen LogP contribution < -0.4 is 0 Å². The van der Waals surface area contributed by atoms with Crippen molar-refractivity contribution in [2.45, 2.75) is 25.1 Å². The van der Waals surface area contributed by atoms with Crippen LogP contribution in [0.1, 0.15) is 28.5 Å². The van der Waals surface area contributed by atoms with Gasteiger partial charge in [-0.1, -0.05) is 97.1 Å². The molecule has 0 radical (unpaired) electrons. The van der Waals surface area contributed by atoms with Crippen LogP contribution in [0, 0.1) is 0 Å². The Morgan fingerprint density at radius 2 is 1.13 bits per heavy atom. The van der Waals surface area contributed by atoms with Gasteiger partial charge in [0, 0.05) is 18.1 Å². The van der Waals surface area contributed by atoms with E-state index < -0.39 is 8.32 Å². The Kier molecular flexibility index (Phi) is 7.13. The summed E-state index contributed by atoms with van der Waals surface area (Å²) < 4.78 is 6.66. The standard InChI is InChI=1S/C27H27NOSSi/c1-23(27-18-11-19-30-27)28-29-31(20-24-12-5-2-6-13-24,21-25-14-7-3-8-15-25)22-26-16-9-4-10-17-26/h2-19H,20-22H2,1H3. The monoisotopic (exact) mass is 441 g/mol. The molecule has 4 heteroatoms. The number of hydrogen-bond acceptors (Lipinski definition) is 3. The van der Waals surface area contributed by atoms with Crippen LogP contribution in [0.25, 0.3) is 0 Å². The zero-order valence-corrected chi connectivity index (χ0v) is 19.6. The molecule has 2 nitrogen and oxygen atoms in total. The Morgan fingerprint density at radius 3 is 1.52 bits per heavy atom. The fourth-order valence-corrected chi connectivity index (χ4v) is 8.39. The lowest BCUT2D eigenvalue weighted by atomic mass is 10.2. The number of rotatable bonds is 9. The largest absolute Gasteiger partial charge is 0.454 e. The fourth-order valence-electron chi connectivity index (χ4n) is 3.88. The molecule has 31 heavy (non-hydrogen) atoms. The van der Waals surface area contributed by atoms with Gasteiger partial charge in [0.25, 0.3) is 8.32 Å². The lowest BCUT2D eigenvalue weighted by Crippen LogP contribution is -2.46. The van der Waals surface area contributed by atoms with Crippen LogP contribution in [0.3, 0.4) is 0 Å². The predicted molar refractivity (Wildman–Crippen MR) is 134 cm³/mol. The van der Waals surface area contributed by atoms with E-state index >= 15 is 0 Å². The third-order valence-electron chi connectivity index (χ3n) is 5.36. The van der Waals surface area contributed by atoms with Crippen molar-refractivity contribution in [2.75, 3.05) is 0 Å².